The Bertz CT molecular complexity index is 507. The summed E-state index contributed by atoms with van der Waals surface area (Å²) < 4.78 is 0. The molecule has 20 heavy (non-hydrogen) atoms. The molecule has 2 rings (SSSR count). The molecule has 1 atom stereocenters. The molecule has 108 valence electrons. The van der Waals surface area contributed by atoms with Gasteiger partial charge in [-0.25, -0.2) is 0 Å². The van der Waals surface area contributed by atoms with E-state index >= 15 is 0 Å². The van der Waals surface area contributed by atoms with Gasteiger partial charge in [-0.1, -0.05) is 29.8 Å². The maximum Gasteiger partial charge on any atom is 0.320 e. The van der Waals surface area contributed by atoms with Crippen LogP contribution in [0.15, 0.2) is 24.3 Å². The SMILES string of the molecule is O=C(CN1CCCC1C(=O)O)NCc1ccccc1Cl. The number of carbonyl (C=O) groups excluding carboxylic acids is 1. The van der Waals surface area contributed by atoms with Crippen LogP contribution in [0.2, 0.25) is 5.02 Å². The van der Waals surface area contributed by atoms with Crippen LogP contribution in [0.5, 0.6) is 0 Å². The molecular weight excluding hydrogens is 280 g/mol. The lowest BCUT2D eigenvalue weighted by Crippen LogP contribution is -2.42. The normalized spacial score (nSPS) is 18.9. The van der Waals surface area contributed by atoms with Gasteiger partial charge in [-0.2, -0.15) is 0 Å². The Morgan fingerprint density at radius 3 is 2.85 bits per heavy atom. The van der Waals surface area contributed by atoms with Crippen LogP contribution in [0.4, 0.5) is 0 Å². The Morgan fingerprint density at radius 2 is 2.15 bits per heavy atom. The number of halogens is 1. The topological polar surface area (TPSA) is 69.6 Å². The first-order valence-electron chi connectivity index (χ1n) is 6.55. The number of hydrogen-bond donors (Lipinski definition) is 2. The summed E-state index contributed by atoms with van der Waals surface area (Å²) in [7, 11) is 0. The second-order valence-electron chi connectivity index (χ2n) is 4.83. The molecule has 1 saturated heterocycles. The molecule has 2 N–H and O–H groups in total. The third kappa shape index (κ3) is 3.71. The average molecular weight is 297 g/mol. The van der Waals surface area contributed by atoms with Gasteiger partial charge < -0.3 is 10.4 Å². The molecule has 0 aromatic heterocycles. The number of nitrogens with zero attached hydrogens (tertiary/aromatic N) is 1. The van der Waals surface area contributed by atoms with E-state index in [0.717, 1.165) is 12.0 Å². The Hall–Kier alpha value is -1.59. The molecule has 1 unspecified atom stereocenters. The Morgan fingerprint density at radius 1 is 1.40 bits per heavy atom. The van der Waals surface area contributed by atoms with Crippen molar-refractivity contribution >= 4 is 23.5 Å². The molecule has 0 radical (unpaired) electrons. The molecule has 1 aromatic rings. The van der Waals surface area contributed by atoms with Gasteiger partial charge in [0.25, 0.3) is 0 Å². The quantitative estimate of drug-likeness (QED) is 0.864. The number of carbonyl (C=O) groups is 2. The predicted octanol–water partition coefficient (Wildman–Crippen LogP) is 1.51. The maximum absolute atomic E-state index is 11.9. The second-order valence-corrected chi connectivity index (χ2v) is 5.24. The first-order chi connectivity index (χ1) is 9.58. The fourth-order valence-electron chi connectivity index (χ4n) is 2.37. The van der Waals surface area contributed by atoms with E-state index in [1.807, 2.05) is 18.2 Å². The van der Waals surface area contributed by atoms with Crippen molar-refractivity contribution in [2.75, 3.05) is 13.1 Å². The minimum absolute atomic E-state index is 0.113. The number of benzene rings is 1. The van der Waals surface area contributed by atoms with E-state index in [9.17, 15) is 9.59 Å². The van der Waals surface area contributed by atoms with Crippen LogP contribution < -0.4 is 5.32 Å². The molecule has 0 aliphatic carbocycles. The van der Waals surface area contributed by atoms with Crippen LogP contribution in [-0.2, 0) is 16.1 Å². The monoisotopic (exact) mass is 296 g/mol. The third-order valence-corrected chi connectivity index (χ3v) is 3.80. The van der Waals surface area contributed by atoms with Gasteiger partial charge in [0.1, 0.15) is 6.04 Å². The van der Waals surface area contributed by atoms with Crippen molar-refractivity contribution < 1.29 is 14.7 Å². The van der Waals surface area contributed by atoms with Crippen LogP contribution in [0, 0.1) is 0 Å². The Balaban J connectivity index is 1.84. The van der Waals surface area contributed by atoms with Crippen molar-refractivity contribution in [2.45, 2.75) is 25.4 Å². The number of nitrogens with one attached hydrogen (secondary N) is 1. The van der Waals surface area contributed by atoms with Crippen molar-refractivity contribution in [3.63, 3.8) is 0 Å². The standard InChI is InChI=1S/C14H17ClN2O3/c15-11-5-2-1-4-10(11)8-16-13(18)9-17-7-3-6-12(17)14(19)20/h1-2,4-5,12H,3,6-9H2,(H,16,18)(H,19,20). The lowest BCUT2D eigenvalue weighted by molar-refractivity contribution is -0.142. The summed E-state index contributed by atoms with van der Waals surface area (Å²) in [4.78, 5) is 24.6. The average Bonchev–Trinajstić information content (AvgIpc) is 2.86. The summed E-state index contributed by atoms with van der Waals surface area (Å²) in [6, 6.07) is 6.76. The van der Waals surface area contributed by atoms with E-state index in [2.05, 4.69) is 5.32 Å². The van der Waals surface area contributed by atoms with E-state index in [4.69, 9.17) is 16.7 Å². The summed E-state index contributed by atoms with van der Waals surface area (Å²) in [6.45, 7) is 1.11. The van der Waals surface area contributed by atoms with E-state index < -0.39 is 12.0 Å². The smallest absolute Gasteiger partial charge is 0.320 e. The van der Waals surface area contributed by atoms with Crippen LogP contribution in [-0.4, -0.2) is 41.0 Å². The highest BCUT2D eigenvalue weighted by Gasteiger charge is 2.31. The van der Waals surface area contributed by atoms with Crippen LogP contribution >= 0.6 is 11.6 Å². The number of carboxylic acid groups (broad SMARTS) is 1. The van der Waals surface area contributed by atoms with Gasteiger partial charge in [0, 0.05) is 11.6 Å². The molecule has 5 nitrogen and oxygen atoms in total. The van der Waals surface area contributed by atoms with Crippen molar-refractivity contribution in [3.05, 3.63) is 34.9 Å². The number of amides is 1. The largest absolute Gasteiger partial charge is 0.480 e. The summed E-state index contributed by atoms with van der Waals surface area (Å²) in [6.07, 6.45) is 1.42. The molecule has 0 spiro atoms. The summed E-state index contributed by atoms with van der Waals surface area (Å²) in [5.41, 5.74) is 0.846. The fraction of sp³-hybridized carbons (Fsp3) is 0.429. The number of likely N-dealkylation sites (tertiary alicyclic amines) is 1. The fourth-order valence-corrected chi connectivity index (χ4v) is 2.57. The van der Waals surface area contributed by atoms with Crippen molar-refractivity contribution in [3.8, 4) is 0 Å². The molecule has 1 heterocycles. The second kappa shape index (κ2) is 6.72. The van der Waals surface area contributed by atoms with Gasteiger partial charge in [0.05, 0.1) is 6.54 Å². The lowest BCUT2D eigenvalue weighted by Gasteiger charge is -2.20. The maximum atomic E-state index is 11.9. The molecular formula is C14H17ClN2O3. The zero-order chi connectivity index (χ0) is 14.5. The van der Waals surface area contributed by atoms with Gasteiger partial charge in [-0.3, -0.25) is 14.5 Å². The van der Waals surface area contributed by atoms with Gasteiger partial charge in [-0.05, 0) is 31.0 Å². The minimum atomic E-state index is -0.860. The zero-order valence-electron chi connectivity index (χ0n) is 11.0. The van der Waals surface area contributed by atoms with Crippen LogP contribution in [0.3, 0.4) is 0 Å². The van der Waals surface area contributed by atoms with E-state index in [0.29, 0.717) is 24.5 Å². The molecule has 1 aliphatic heterocycles. The third-order valence-electron chi connectivity index (χ3n) is 3.43. The van der Waals surface area contributed by atoms with Crippen LogP contribution in [0.25, 0.3) is 0 Å². The summed E-state index contributed by atoms with van der Waals surface area (Å²) >= 11 is 6.00. The van der Waals surface area contributed by atoms with Gasteiger partial charge in [-0.15, -0.1) is 0 Å². The first kappa shape index (κ1) is 14.8. The van der Waals surface area contributed by atoms with Crippen LogP contribution in [0.1, 0.15) is 18.4 Å². The zero-order valence-corrected chi connectivity index (χ0v) is 11.8. The molecule has 1 aliphatic rings. The van der Waals surface area contributed by atoms with Gasteiger partial charge >= 0.3 is 5.97 Å². The summed E-state index contributed by atoms with van der Waals surface area (Å²) in [5.74, 6) is -1.04. The van der Waals surface area contributed by atoms with Gasteiger partial charge in [0.2, 0.25) is 5.91 Å². The van der Waals surface area contributed by atoms with E-state index in [-0.39, 0.29) is 12.5 Å². The number of aliphatic carboxylic acids is 1. The van der Waals surface area contributed by atoms with Crippen molar-refractivity contribution in [2.24, 2.45) is 0 Å². The lowest BCUT2D eigenvalue weighted by atomic mass is 10.2. The number of carboxylic acids is 1. The Labute approximate surface area is 122 Å². The molecule has 0 bridgehead atoms. The molecule has 6 heteroatoms. The van der Waals surface area contributed by atoms with Gasteiger partial charge in [0.15, 0.2) is 0 Å². The molecule has 1 aromatic carbocycles. The highest BCUT2D eigenvalue weighted by atomic mass is 35.5. The number of hydrogen-bond acceptors (Lipinski definition) is 3. The Kier molecular flexibility index (Phi) is 4.98. The highest BCUT2D eigenvalue weighted by Crippen LogP contribution is 2.17. The summed E-state index contributed by atoms with van der Waals surface area (Å²) in [5, 5.41) is 12.4. The first-order valence-corrected chi connectivity index (χ1v) is 6.92. The molecule has 1 fully saturated rings. The van der Waals surface area contributed by atoms with E-state index in [1.54, 1.807) is 11.0 Å². The minimum Gasteiger partial charge on any atom is -0.480 e. The predicted molar refractivity (Wildman–Crippen MR) is 75.5 cm³/mol. The number of rotatable bonds is 5. The molecule has 0 saturated carbocycles. The van der Waals surface area contributed by atoms with Crippen molar-refractivity contribution in [1.29, 1.82) is 0 Å². The molecule has 1 amide bonds. The highest BCUT2D eigenvalue weighted by molar-refractivity contribution is 6.31. The van der Waals surface area contributed by atoms with Crippen molar-refractivity contribution in [1.82, 2.24) is 10.2 Å². The van der Waals surface area contributed by atoms with E-state index in [1.165, 1.54) is 0 Å².